The van der Waals surface area contributed by atoms with Crippen molar-refractivity contribution >= 4 is 17.6 Å². The molecule has 1 aromatic rings. The number of carbonyl (C=O) groups is 2. The highest BCUT2D eigenvalue weighted by atomic mass is 16.2. The lowest BCUT2D eigenvalue weighted by Gasteiger charge is -2.14. The Labute approximate surface area is 94.2 Å². The molecule has 3 amide bonds. The van der Waals surface area contributed by atoms with E-state index in [-0.39, 0.29) is 17.9 Å². The summed E-state index contributed by atoms with van der Waals surface area (Å²) in [7, 11) is 0. The molecule has 1 aromatic carbocycles. The van der Waals surface area contributed by atoms with Gasteiger partial charge in [-0.05, 0) is 18.1 Å². The molecule has 1 aliphatic rings. The van der Waals surface area contributed by atoms with Gasteiger partial charge in [0.1, 0.15) is 6.04 Å². The van der Waals surface area contributed by atoms with Crippen LogP contribution in [0.25, 0.3) is 0 Å². The number of rotatable bonds is 2. The Morgan fingerprint density at radius 3 is 2.31 bits per heavy atom. The smallest absolute Gasteiger partial charge is 0.325 e. The van der Waals surface area contributed by atoms with Gasteiger partial charge in [-0.1, -0.05) is 32.0 Å². The number of hydrogen-bond acceptors (Lipinski definition) is 2. The lowest BCUT2D eigenvalue weighted by atomic mass is 10.1. The fourth-order valence-electron chi connectivity index (χ4n) is 1.77. The van der Waals surface area contributed by atoms with E-state index < -0.39 is 6.04 Å². The van der Waals surface area contributed by atoms with Crippen molar-refractivity contribution in [3.8, 4) is 0 Å². The van der Waals surface area contributed by atoms with E-state index in [9.17, 15) is 9.59 Å². The first-order valence-corrected chi connectivity index (χ1v) is 5.31. The number of carbonyl (C=O) groups excluding carboxylic acids is 2. The normalized spacial score (nSPS) is 20.4. The van der Waals surface area contributed by atoms with Crippen molar-refractivity contribution < 1.29 is 9.59 Å². The molecule has 0 bridgehead atoms. The summed E-state index contributed by atoms with van der Waals surface area (Å²) in [5.74, 6) is -0.0728. The Morgan fingerprint density at radius 2 is 1.81 bits per heavy atom. The molecular weight excluding hydrogens is 204 g/mol. The largest absolute Gasteiger partial charge is 0.329 e. The van der Waals surface area contributed by atoms with Crippen molar-refractivity contribution in [3.05, 3.63) is 30.3 Å². The lowest BCUT2D eigenvalue weighted by molar-refractivity contribution is -0.119. The maximum atomic E-state index is 12.0. The highest BCUT2D eigenvalue weighted by molar-refractivity contribution is 6.21. The van der Waals surface area contributed by atoms with Crippen molar-refractivity contribution in [1.29, 1.82) is 0 Å². The van der Waals surface area contributed by atoms with E-state index in [1.165, 1.54) is 4.90 Å². The predicted molar refractivity (Wildman–Crippen MR) is 61.1 cm³/mol. The summed E-state index contributed by atoms with van der Waals surface area (Å²) in [5.41, 5.74) is 0.619. The third kappa shape index (κ3) is 1.66. The van der Waals surface area contributed by atoms with E-state index in [2.05, 4.69) is 5.32 Å². The van der Waals surface area contributed by atoms with Crippen LogP contribution in [-0.2, 0) is 4.79 Å². The van der Waals surface area contributed by atoms with Crippen molar-refractivity contribution in [3.63, 3.8) is 0 Å². The molecule has 1 saturated heterocycles. The van der Waals surface area contributed by atoms with Crippen LogP contribution in [0.2, 0.25) is 0 Å². The molecule has 1 fully saturated rings. The van der Waals surface area contributed by atoms with Crippen LogP contribution in [0, 0.1) is 5.92 Å². The number of anilines is 1. The average Bonchev–Trinajstić information content (AvgIpc) is 2.56. The summed E-state index contributed by atoms with van der Waals surface area (Å²) in [6.45, 7) is 3.83. The van der Waals surface area contributed by atoms with Gasteiger partial charge in [0.15, 0.2) is 0 Å². The number of para-hydroxylation sites is 1. The van der Waals surface area contributed by atoms with Crippen molar-refractivity contribution in [2.75, 3.05) is 4.90 Å². The molecule has 1 aliphatic heterocycles. The molecule has 0 aromatic heterocycles. The molecular formula is C12H14N2O2. The minimum atomic E-state index is -0.410. The zero-order valence-electron chi connectivity index (χ0n) is 9.31. The van der Waals surface area contributed by atoms with Crippen LogP contribution in [0.1, 0.15) is 13.8 Å². The zero-order chi connectivity index (χ0) is 11.7. The molecule has 84 valence electrons. The van der Waals surface area contributed by atoms with E-state index in [0.717, 1.165) is 0 Å². The van der Waals surface area contributed by atoms with Gasteiger partial charge in [-0.3, -0.25) is 4.79 Å². The second kappa shape index (κ2) is 3.96. The van der Waals surface area contributed by atoms with E-state index in [1.807, 2.05) is 19.9 Å². The van der Waals surface area contributed by atoms with Gasteiger partial charge in [0, 0.05) is 0 Å². The SMILES string of the molecule is CC(C)C1NC(=O)N(c2ccccc2)C1=O. The highest BCUT2D eigenvalue weighted by Crippen LogP contribution is 2.21. The van der Waals surface area contributed by atoms with E-state index in [0.29, 0.717) is 5.69 Å². The molecule has 1 heterocycles. The number of nitrogens with zero attached hydrogens (tertiary/aromatic N) is 1. The summed E-state index contributed by atoms with van der Waals surface area (Å²) in [5, 5.41) is 2.69. The molecule has 0 spiro atoms. The summed E-state index contributed by atoms with van der Waals surface area (Å²) in [6.07, 6.45) is 0. The number of amides is 3. The zero-order valence-corrected chi connectivity index (χ0v) is 9.31. The van der Waals surface area contributed by atoms with Gasteiger partial charge in [0.05, 0.1) is 5.69 Å². The minimum absolute atomic E-state index is 0.102. The maximum absolute atomic E-state index is 12.0. The third-order valence-electron chi connectivity index (χ3n) is 2.65. The number of hydrogen-bond donors (Lipinski definition) is 1. The number of nitrogens with one attached hydrogen (secondary N) is 1. The van der Waals surface area contributed by atoms with Crippen LogP contribution in [0.5, 0.6) is 0 Å². The van der Waals surface area contributed by atoms with Crippen molar-refractivity contribution in [1.82, 2.24) is 5.32 Å². The summed E-state index contributed by atoms with van der Waals surface area (Å²) >= 11 is 0. The minimum Gasteiger partial charge on any atom is -0.325 e. The van der Waals surface area contributed by atoms with Gasteiger partial charge >= 0.3 is 6.03 Å². The topological polar surface area (TPSA) is 49.4 Å². The van der Waals surface area contributed by atoms with Gasteiger partial charge in [0.25, 0.3) is 5.91 Å². The first-order chi connectivity index (χ1) is 7.61. The molecule has 1 N–H and O–H groups in total. The Kier molecular flexibility index (Phi) is 2.64. The molecule has 16 heavy (non-hydrogen) atoms. The van der Waals surface area contributed by atoms with Crippen LogP contribution in [0.3, 0.4) is 0 Å². The quantitative estimate of drug-likeness (QED) is 0.769. The fourth-order valence-corrected chi connectivity index (χ4v) is 1.77. The van der Waals surface area contributed by atoms with E-state index in [4.69, 9.17) is 0 Å². The Morgan fingerprint density at radius 1 is 1.19 bits per heavy atom. The fraction of sp³-hybridized carbons (Fsp3) is 0.333. The Balaban J connectivity index is 2.30. The predicted octanol–water partition coefficient (Wildman–Crippen LogP) is 1.77. The first-order valence-electron chi connectivity index (χ1n) is 5.31. The third-order valence-corrected chi connectivity index (χ3v) is 2.65. The van der Waals surface area contributed by atoms with Crippen LogP contribution in [-0.4, -0.2) is 18.0 Å². The number of urea groups is 1. The van der Waals surface area contributed by atoms with Crippen LogP contribution in [0.15, 0.2) is 30.3 Å². The molecule has 1 atom stereocenters. The standard InChI is InChI=1S/C12H14N2O2/c1-8(2)10-11(15)14(12(16)13-10)9-6-4-3-5-7-9/h3-8,10H,1-2H3,(H,13,16). The molecule has 4 heteroatoms. The molecule has 0 aliphatic carbocycles. The van der Waals surface area contributed by atoms with E-state index >= 15 is 0 Å². The molecule has 2 rings (SSSR count). The molecule has 0 radical (unpaired) electrons. The van der Waals surface area contributed by atoms with Gasteiger partial charge in [-0.15, -0.1) is 0 Å². The second-order valence-electron chi connectivity index (χ2n) is 4.18. The Hall–Kier alpha value is -1.84. The van der Waals surface area contributed by atoms with Crippen LogP contribution in [0.4, 0.5) is 10.5 Å². The summed E-state index contributed by atoms with van der Waals surface area (Å²) < 4.78 is 0. The molecule has 4 nitrogen and oxygen atoms in total. The van der Waals surface area contributed by atoms with E-state index in [1.54, 1.807) is 24.3 Å². The van der Waals surface area contributed by atoms with Gasteiger partial charge < -0.3 is 5.32 Å². The number of imide groups is 1. The van der Waals surface area contributed by atoms with Crippen LogP contribution < -0.4 is 10.2 Å². The van der Waals surface area contributed by atoms with Gasteiger partial charge in [-0.2, -0.15) is 0 Å². The maximum Gasteiger partial charge on any atom is 0.329 e. The monoisotopic (exact) mass is 218 g/mol. The van der Waals surface area contributed by atoms with Gasteiger partial charge in [0.2, 0.25) is 0 Å². The lowest BCUT2D eigenvalue weighted by Crippen LogP contribution is -2.34. The van der Waals surface area contributed by atoms with Crippen molar-refractivity contribution in [2.24, 2.45) is 5.92 Å². The Bertz CT molecular complexity index is 414. The average molecular weight is 218 g/mol. The highest BCUT2D eigenvalue weighted by Gasteiger charge is 2.40. The molecule has 0 saturated carbocycles. The summed E-state index contributed by atoms with van der Waals surface area (Å²) in [4.78, 5) is 24.9. The van der Waals surface area contributed by atoms with Gasteiger partial charge in [-0.25, -0.2) is 9.69 Å². The van der Waals surface area contributed by atoms with Crippen LogP contribution >= 0.6 is 0 Å². The number of benzene rings is 1. The summed E-state index contributed by atoms with van der Waals surface area (Å²) in [6, 6.07) is 8.21. The second-order valence-corrected chi connectivity index (χ2v) is 4.18. The van der Waals surface area contributed by atoms with Crippen molar-refractivity contribution in [2.45, 2.75) is 19.9 Å². The first kappa shape index (κ1) is 10.7. The molecule has 1 unspecified atom stereocenters.